The summed E-state index contributed by atoms with van der Waals surface area (Å²) in [5.41, 5.74) is 1.69. The van der Waals surface area contributed by atoms with E-state index >= 15 is 8.78 Å². The molecule has 1 saturated heterocycles. The number of carboxylic acids is 1. The van der Waals surface area contributed by atoms with E-state index in [1.54, 1.807) is 0 Å². The largest absolute Gasteiger partial charge is 0.486 e. The summed E-state index contributed by atoms with van der Waals surface area (Å²) in [4.78, 5) is 25.7. The normalized spacial score (nSPS) is 15.9. The molecule has 0 radical (unpaired) electrons. The van der Waals surface area contributed by atoms with Gasteiger partial charge in [-0.3, -0.25) is 4.79 Å². The highest BCUT2D eigenvalue weighted by Gasteiger charge is 2.39. The van der Waals surface area contributed by atoms with E-state index in [1.165, 1.54) is 18.2 Å². The molecule has 304 valence electrons. The molecular weight excluding hydrogens is 802 g/mol. The lowest BCUT2D eigenvalue weighted by Crippen LogP contribution is -2.43. The third kappa shape index (κ3) is 9.09. The van der Waals surface area contributed by atoms with Crippen molar-refractivity contribution in [1.82, 2.24) is 4.31 Å². The summed E-state index contributed by atoms with van der Waals surface area (Å²) in [5.74, 6) is -16.1. The Hall–Kier alpha value is -4.64. The summed E-state index contributed by atoms with van der Waals surface area (Å²) in [6, 6.07) is 12.2. The Morgan fingerprint density at radius 2 is 1.54 bits per heavy atom. The molecule has 0 bridgehead atoms. The molecule has 17 heteroatoms. The van der Waals surface area contributed by atoms with Crippen LogP contribution in [-0.2, 0) is 38.1 Å². The number of aromatic carboxylic acids is 1. The number of benzene rings is 4. The van der Waals surface area contributed by atoms with Gasteiger partial charge in [-0.2, -0.15) is 4.31 Å². The van der Waals surface area contributed by atoms with E-state index < -0.39 is 80.9 Å². The Labute approximate surface area is 329 Å². The molecule has 6 rings (SSSR count). The van der Waals surface area contributed by atoms with Crippen molar-refractivity contribution in [3.8, 4) is 5.75 Å². The highest BCUT2D eigenvalue weighted by atomic mass is 35.5. The van der Waals surface area contributed by atoms with Crippen LogP contribution in [0.4, 0.5) is 32.0 Å². The van der Waals surface area contributed by atoms with Gasteiger partial charge in [0.25, 0.3) is 0 Å². The fourth-order valence-electron chi connectivity index (χ4n) is 6.38. The minimum absolute atomic E-state index is 0.0283. The summed E-state index contributed by atoms with van der Waals surface area (Å²) >= 11 is 6.20. The predicted molar refractivity (Wildman–Crippen MR) is 197 cm³/mol. The molecular formula is C40H37ClF6N2O7S. The Kier molecular flexibility index (Phi) is 12.0. The lowest BCUT2D eigenvalue weighted by atomic mass is 9.84. The van der Waals surface area contributed by atoms with E-state index in [9.17, 15) is 40.7 Å². The first-order valence-electron chi connectivity index (χ1n) is 17.8. The average molecular weight is 839 g/mol. The minimum Gasteiger partial charge on any atom is -0.486 e. The van der Waals surface area contributed by atoms with E-state index in [1.807, 2.05) is 32.9 Å². The first kappa shape index (κ1) is 42.0. The van der Waals surface area contributed by atoms with Crippen LogP contribution in [0.25, 0.3) is 0 Å². The molecule has 4 aromatic rings. The number of ether oxygens (including phenoxy) is 2. The molecule has 1 aliphatic carbocycles. The van der Waals surface area contributed by atoms with Gasteiger partial charge >= 0.3 is 5.97 Å². The number of carboxylic acid groups (broad SMARTS) is 1. The SMILES string of the molecule is CC(C)(C)c1cc(CN(C(=O)CN(Cc2ccc(F)cc2Cl)S(=O)(=O)c2c(F)c(F)c(F)c(F)c2F)c2ccc(C(=O)O)cc2OC2CCOC2)cc(C2CC2)c1. The highest BCUT2D eigenvalue weighted by molar-refractivity contribution is 7.89. The van der Waals surface area contributed by atoms with Gasteiger partial charge in [0.15, 0.2) is 28.2 Å². The third-order valence-corrected chi connectivity index (χ3v) is 11.9. The summed E-state index contributed by atoms with van der Waals surface area (Å²) in [5, 5.41) is 9.46. The predicted octanol–water partition coefficient (Wildman–Crippen LogP) is 8.64. The van der Waals surface area contributed by atoms with Gasteiger partial charge in [0, 0.05) is 18.0 Å². The van der Waals surface area contributed by atoms with E-state index in [-0.39, 0.29) is 56.4 Å². The Bertz CT molecular complexity index is 2320. The van der Waals surface area contributed by atoms with Crippen molar-refractivity contribution in [3.63, 3.8) is 0 Å². The summed E-state index contributed by atoms with van der Waals surface area (Å²) in [7, 11) is -5.80. The van der Waals surface area contributed by atoms with Gasteiger partial charge < -0.3 is 19.5 Å². The molecule has 1 heterocycles. The number of carbonyl (C=O) groups is 2. The van der Waals surface area contributed by atoms with Crippen LogP contribution in [-0.4, -0.2) is 55.6 Å². The fraction of sp³-hybridized carbons (Fsp3) is 0.350. The van der Waals surface area contributed by atoms with Gasteiger partial charge in [-0.1, -0.05) is 56.6 Å². The van der Waals surface area contributed by atoms with Crippen molar-refractivity contribution in [2.24, 2.45) is 0 Å². The molecule has 1 unspecified atom stereocenters. The van der Waals surface area contributed by atoms with Gasteiger partial charge in [-0.25, -0.2) is 39.6 Å². The zero-order valence-electron chi connectivity index (χ0n) is 30.9. The van der Waals surface area contributed by atoms with Gasteiger partial charge in [-0.15, -0.1) is 0 Å². The molecule has 2 fully saturated rings. The number of hydrogen-bond acceptors (Lipinski definition) is 6. The molecule has 1 amide bonds. The van der Waals surface area contributed by atoms with Gasteiger partial charge in [0.2, 0.25) is 21.7 Å². The maximum Gasteiger partial charge on any atom is 0.335 e. The highest BCUT2D eigenvalue weighted by Crippen LogP contribution is 2.42. The average Bonchev–Trinajstić information content (AvgIpc) is 3.88. The van der Waals surface area contributed by atoms with Crippen LogP contribution in [0.1, 0.15) is 78.6 Å². The van der Waals surface area contributed by atoms with Crippen LogP contribution in [0, 0.1) is 34.9 Å². The van der Waals surface area contributed by atoms with Crippen LogP contribution < -0.4 is 9.64 Å². The number of nitrogens with zero attached hydrogens (tertiary/aromatic N) is 2. The molecule has 0 aromatic heterocycles. The number of sulfonamides is 1. The topological polar surface area (TPSA) is 113 Å². The second-order valence-electron chi connectivity index (χ2n) is 15.0. The molecule has 1 N–H and O–H groups in total. The second-order valence-corrected chi connectivity index (χ2v) is 17.2. The van der Waals surface area contributed by atoms with Gasteiger partial charge in [0.05, 0.1) is 37.6 Å². The lowest BCUT2D eigenvalue weighted by Gasteiger charge is -2.30. The number of hydrogen-bond donors (Lipinski definition) is 1. The molecule has 4 aromatic carbocycles. The zero-order valence-corrected chi connectivity index (χ0v) is 32.4. The smallest absolute Gasteiger partial charge is 0.335 e. The van der Waals surface area contributed by atoms with E-state index in [0.29, 0.717) is 18.6 Å². The Morgan fingerprint density at radius 3 is 2.12 bits per heavy atom. The van der Waals surface area contributed by atoms with Crippen molar-refractivity contribution < 1.29 is 58.9 Å². The van der Waals surface area contributed by atoms with Crippen molar-refractivity contribution in [2.75, 3.05) is 24.7 Å². The monoisotopic (exact) mass is 838 g/mol. The van der Waals surface area contributed by atoms with Gasteiger partial charge in [0.1, 0.15) is 17.7 Å². The summed E-state index contributed by atoms with van der Waals surface area (Å²) in [6.45, 7) is 3.89. The van der Waals surface area contributed by atoms with Crippen molar-refractivity contribution >= 4 is 39.2 Å². The summed E-state index contributed by atoms with van der Waals surface area (Å²) in [6.07, 6.45) is 1.71. The van der Waals surface area contributed by atoms with Crippen LogP contribution >= 0.6 is 11.6 Å². The number of amides is 1. The van der Waals surface area contributed by atoms with E-state index in [0.717, 1.165) is 47.1 Å². The van der Waals surface area contributed by atoms with Crippen molar-refractivity contribution in [1.29, 1.82) is 0 Å². The van der Waals surface area contributed by atoms with Crippen molar-refractivity contribution in [3.05, 3.63) is 122 Å². The first-order valence-corrected chi connectivity index (χ1v) is 19.6. The Morgan fingerprint density at radius 1 is 0.877 bits per heavy atom. The second kappa shape index (κ2) is 16.3. The van der Waals surface area contributed by atoms with Crippen LogP contribution in [0.5, 0.6) is 5.75 Å². The lowest BCUT2D eigenvalue weighted by molar-refractivity contribution is -0.119. The molecule has 1 atom stereocenters. The molecule has 0 spiro atoms. The molecule has 57 heavy (non-hydrogen) atoms. The molecule has 2 aliphatic rings. The quantitative estimate of drug-likeness (QED) is 0.0815. The third-order valence-electron chi connectivity index (χ3n) is 9.69. The number of rotatable bonds is 13. The zero-order chi connectivity index (χ0) is 41.6. The molecule has 1 aliphatic heterocycles. The standard InChI is InChI=1S/C40H37ClF6N2O7S/c1-40(2,3)26-13-21(12-25(14-26)22-4-5-22)17-49(30-9-7-23(39(51)52)15-31(30)56-28-10-11-55-20-28)32(50)19-48(18-24-6-8-27(42)16-29(24)41)57(53,54)38-36(46)34(44)33(43)35(45)37(38)47/h6-9,12-16,22,28H,4-5,10-11,17-20H2,1-3H3,(H,51,52). The van der Waals surface area contributed by atoms with E-state index in [2.05, 4.69) is 6.07 Å². The number of carbonyl (C=O) groups excluding carboxylic acids is 1. The molecule has 9 nitrogen and oxygen atoms in total. The maximum absolute atomic E-state index is 15.2. The first-order chi connectivity index (χ1) is 26.8. The van der Waals surface area contributed by atoms with Crippen LogP contribution in [0.3, 0.4) is 0 Å². The van der Waals surface area contributed by atoms with Crippen molar-refractivity contribution in [2.45, 2.75) is 75.5 Å². The summed E-state index contributed by atoms with van der Waals surface area (Å²) < 4.78 is 127. The van der Waals surface area contributed by atoms with E-state index in [4.69, 9.17) is 21.1 Å². The van der Waals surface area contributed by atoms with Gasteiger partial charge in [-0.05, 0) is 76.8 Å². The minimum atomic E-state index is -5.80. The fourth-order valence-corrected chi connectivity index (χ4v) is 8.08. The van der Waals surface area contributed by atoms with Crippen LogP contribution in [0.15, 0.2) is 59.5 Å². The number of halogens is 7. The molecule has 1 saturated carbocycles. The Balaban J connectivity index is 1.51. The maximum atomic E-state index is 15.2. The van der Waals surface area contributed by atoms with Crippen LogP contribution in [0.2, 0.25) is 5.02 Å². The number of anilines is 1.